The van der Waals surface area contributed by atoms with Gasteiger partial charge in [-0.05, 0) is 60.9 Å². The van der Waals surface area contributed by atoms with Crippen LogP contribution >= 0.6 is 27.5 Å². The van der Waals surface area contributed by atoms with Gasteiger partial charge in [-0.3, -0.25) is 0 Å². The normalized spacial score (nSPS) is 17.0. The van der Waals surface area contributed by atoms with Crippen LogP contribution in [0.15, 0.2) is 16.7 Å². The van der Waals surface area contributed by atoms with Crippen molar-refractivity contribution in [2.24, 2.45) is 5.73 Å². The number of aromatic nitrogens is 1. The molecule has 0 radical (unpaired) electrons. The van der Waals surface area contributed by atoms with Gasteiger partial charge in [-0.2, -0.15) is 0 Å². The maximum Gasteiger partial charge on any atom is 0.147 e. The summed E-state index contributed by atoms with van der Waals surface area (Å²) in [5.74, 6) is 0.907. The molecule has 1 aromatic rings. The van der Waals surface area contributed by atoms with Crippen molar-refractivity contribution in [3.8, 4) is 0 Å². The molecular formula is C15H24BrClN4. The van der Waals surface area contributed by atoms with Crippen LogP contribution in [0, 0.1) is 0 Å². The van der Waals surface area contributed by atoms with Gasteiger partial charge in [-0.15, -0.1) is 0 Å². The summed E-state index contributed by atoms with van der Waals surface area (Å²) in [7, 11) is 0. The monoisotopic (exact) mass is 374 g/mol. The smallest absolute Gasteiger partial charge is 0.147 e. The van der Waals surface area contributed by atoms with Crippen molar-refractivity contribution < 1.29 is 0 Å². The summed E-state index contributed by atoms with van der Waals surface area (Å²) in [5.41, 5.74) is 5.54. The van der Waals surface area contributed by atoms with Crippen LogP contribution in [0.2, 0.25) is 5.02 Å². The standard InChI is InChI=1S/C15H24BrClN4/c16-13-11-14(17)15(19-12-13)21-8-4-7-20(9-10-21)6-3-1-2-5-18/h11-12H,1-10,18H2. The molecule has 21 heavy (non-hydrogen) atoms. The average Bonchev–Trinajstić information content (AvgIpc) is 2.69. The zero-order valence-electron chi connectivity index (χ0n) is 12.4. The molecule has 0 bridgehead atoms. The van der Waals surface area contributed by atoms with E-state index in [1.165, 1.54) is 19.4 Å². The van der Waals surface area contributed by atoms with Gasteiger partial charge in [-0.1, -0.05) is 18.0 Å². The zero-order chi connectivity index (χ0) is 15.1. The van der Waals surface area contributed by atoms with Crippen molar-refractivity contribution in [2.45, 2.75) is 25.7 Å². The molecule has 2 N–H and O–H groups in total. The van der Waals surface area contributed by atoms with Gasteiger partial charge in [0.25, 0.3) is 0 Å². The Morgan fingerprint density at radius 2 is 2.05 bits per heavy atom. The largest absolute Gasteiger partial charge is 0.354 e. The van der Waals surface area contributed by atoms with E-state index in [1.54, 1.807) is 0 Å². The second-order valence-electron chi connectivity index (χ2n) is 5.49. The molecule has 1 saturated heterocycles. The summed E-state index contributed by atoms with van der Waals surface area (Å²) in [5, 5.41) is 0.723. The highest BCUT2D eigenvalue weighted by atomic mass is 79.9. The summed E-state index contributed by atoms with van der Waals surface area (Å²) >= 11 is 9.72. The lowest BCUT2D eigenvalue weighted by molar-refractivity contribution is 0.286. The quantitative estimate of drug-likeness (QED) is 0.776. The number of rotatable bonds is 6. The Hall–Kier alpha value is -0.360. The van der Waals surface area contributed by atoms with E-state index in [-0.39, 0.29) is 0 Å². The zero-order valence-corrected chi connectivity index (χ0v) is 14.7. The van der Waals surface area contributed by atoms with Crippen molar-refractivity contribution >= 4 is 33.3 Å². The Bertz CT molecular complexity index is 444. The van der Waals surface area contributed by atoms with Crippen LogP contribution in [-0.2, 0) is 0 Å². The molecule has 6 heteroatoms. The highest BCUT2D eigenvalue weighted by Crippen LogP contribution is 2.26. The Balaban J connectivity index is 1.85. The maximum absolute atomic E-state index is 6.31. The first-order valence-corrected chi connectivity index (χ1v) is 8.86. The molecule has 2 heterocycles. The molecule has 0 saturated carbocycles. The topological polar surface area (TPSA) is 45.4 Å². The number of anilines is 1. The van der Waals surface area contributed by atoms with Crippen LogP contribution in [0.3, 0.4) is 0 Å². The number of pyridine rings is 1. The van der Waals surface area contributed by atoms with Gasteiger partial charge in [0, 0.05) is 30.3 Å². The van der Waals surface area contributed by atoms with Gasteiger partial charge in [0.2, 0.25) is 0 Å². The van der Waals surface area contributed by atoms with Gasteiger partial charge in [-0.25, -0.2) is 4.98 Å². The number of unbranched alkanes of at least 4 members (excludes halogenated alkanes) is 2. The summed E-state index contributed by atoms with van der Waals surface area (Å²) in [6.07, 6.45) is 6.59. The summed E-state index contributed by atoms with van der Waals surface area (Å²) in [6, 6.07) is 1.92. The Kier molecular flexibility index (Phi) is 7.23. The van der Waals surface area contributed by atoms with Gasteiger partial charge in [0.15, 0.2) is 0 Å². The van der Waals surface area contributed by atoms with Crippen LogP contribution in [0.25, 0.3) is 0 Å². The minimum absolute atomic E-state index is 0.723. The molecule has 118 valence electrons. The Labute approximate surface area is 140 Å². The Morgan fingerprint density at radius 3 is 2.81 bits per heavy atom. The predicted octanol–water partition coefficient (Wildman–Crippen LogP) is 3.14. The van der Waals surface area contributed by atoms with E-state index in [2.05, 4.69) is 30.7 Å². The first-order valence-electron chi connectivity index (χ1n) is 7.69. The fourth-order valence-electron chi connectivity index (χ4n) is 2.70. The van der Waals surface area contributed by atoms with Crippen molar-refractivity contribution in [2.75, 3.05) is 44.2 Å². The highest BCUT2D eigenvalue weighted by Gasteiger charge is 2.17. The molecular weight excluding hydrogens is 352 g/mol. The van der Waals surface area contributed by atoms with E-state index in [4.69, 9.17) is 17.3 Å². The van der Waals surface area contributed by atoms with Crippen molar-refractivity contribution in [3.05, 3.63) is 21.8 Å². The van der Waals surface area contributed by atoms with E-state index in [0.717, 1.165) is 60.9 Å². The molecule has 1 aromatic heterocycles. The molecule has 1 aliphatic heterocycles. The average molecular weight is 376 g/mol. The summed E-state index contributed by atoms with van der Waals surface area (Å²) in [6.45, 7) is 6.24. The lowest BCUT2D eigenvalue weighted by atomic mass is 10.2. The van der Waals surface area contributed by atoms with Crippen molar-refractivity contribution in [3.63, 3.8) is 0 Å². The molecule has 4 nitrogen and oxygen atoms in total. The lowest BCUT2D eigenvalue weighted by Crippen LogP contribution is -2.32. The third kappa shape index (κ3) is 5.40. The molecule has 1 aliphatic rings. The molecule has 0 amide bonds. The van der Waals surface area contributed by atoms with Gasteiger partial charge in [0.05, 0.1) is 5.02 Å². The number of hydrogen-bond donors (Lipinski definition) is 1. The van der Waals surface area contributed by atoms with Crippen LogP contribution in [0.4, 0.5) is 5.82 Å². The summed E-state index contributed by atoms with van der Waals surface area (Å²) < 4.78 is 0.924. The van der Waals surface area contributed by atoms with Crippen molar-refractivity contribution in [1.29, 1.82) is 0 Å². The lowest BCUT2D eigenvalue weighted by Gasteiger charge is -2.23. The molecule has 0 unspecified atom stereocenters. The van der Waals surface area contributed by atoms with Gasteiger partial charge >= 0.3 is 0 Å². The minimum atomic E-state index is 0.723. The van der Waals surface area contributed by atoms with E-state index < -0.39 is 0 Å². The minimum Gasteiger partial charge on any atom is -0.354 e. The van der Waals surface area contributed by atoms with Crippen LogP contribution in [-0.4, -0.2) is 49.2 Å². The fraction of sp³-hybridized carbons (Fsp3) is 0.667. The first kappa shape index (κ1) is 17.0. The first-order chi connectivity index (χ1) is 10.2. The SMILES string of the molecule is NCCCCCN1CCCN(c2ncc(Br)cc2Cl)CC1. The highest BCUT2D eigenvalue weighted by molar-refractivity contribution is 9.10. The summed E-state index contributed by atoms with van der Waals surface area (Å²) in [4.78, 5) is 9.31. The molecule has 0 spiro atoms. The van der Waals surface area contributed by atoms with Crippen LogP contribution in [0.1, 0.15) is 25.7 Å². The van der Waals surface area contributed by atoms with E-state index >= 15 is 0 Å². The van der Waals surface area contributed by atoms with E-state index in [9.17, 15) is 0 Å². The van der Waals surface area contributed by atoms with Gasteiger partial charge < -0.3 is 15.5 Å². The molecule has 0 aromatic carbocycles. The number of hydrogen-bond acceptors (Lipinski definition) is 4. The Morgan fingerprint density at radius 1 is 1.19 bits per heavy atom. The third-order valence-corrected chi connectivity index (χ3v) is 4.57. The second-order valence-corrected chi connectivity index (χ2v) is 6.81. The third-order valence-electron chi connectivity index (χ3n) is 3.85. The van der Waals surface area contributed by atoms with Crippen LogP contribution < -0.4 is 10.6 Å². The number of halogens is 2. The number of nitrogens with zero attached hydrogens (tertiary/aromatic N) is 3. The van der Waals surface area contributed by atoms with E-state index in [0.29, 0.717) is 0 Å². The number of nitrogens with two attached hydrogens (primary N) is 1. The van der Waals surface area contributed by atoms with Gasteiger partial charge in [0.1, 0.15) is 5.82 Å². The molecule has 0 atom stereocenters. The van der Waals surface area contributed by atoms with Crippen LogP contribution in [0.5, 0.6) is 0 Å². The van der Waals surface area contributed by atoms with Crippen molar-refractivity contribution in [1.82, 2.24) is 9.88 Å². The predicted molar refractivity (Wildman–Crippen MR) is 93.1 cm³/mol. The second kappa shape index (κ2) is 8.93. The molecule has 0 aliphatic carbocycles. The molecule has 1 fully saturated rings. The fourth-order valence-corrected chi connectivity index (χ4v) is 3.45. The molecule has 2 rings (SSSR count). The maximum atomic E-state index is 6.31. The van der Waals surface area contributed by atoms with E-state index in [1.807, 2.05) is 12.3 Å².